The number of carbonyl (C=O) groups is 1. The number of carbonyl (C=O) groups excluding carboxylic acids is 1. The van der Waals surface area contributed by atoms with Gasteiger partial charge in [-0.2, -0.15) is 0 Å². The third kappa shape index (κ3) is 3.13. The summed E-state index contributed by atoms with van der Waals surface area (Å²) in [4.78, 5) is 18.5. The van der Waals surface area contributed by atoms with Gasteiger partial charge >= 0.3 is 0 Å². The Balaban J connectivity index is 2.13. The van der Waals surface area contributed by atoms with Crippen molar-refractivity contribution in [2.24, 2.45) is 11.8 Å². The Labute approximate surface area is 114 Å². The van der Waals surface area contributed by atoms with Gasteiger partial charge in [-0.05, 0) is 30.9 Å². The van der Waals surface area contributed by atoms with Crippen molar-refractivity contribution in [3.8, 4) is 0 Å². The van der Waals surface area contributed by atoms with Crippen LogP contribution in [0.2, 0.25) is 0 Å². The minimum absolute atomic E-state index is 0.0208. The lowest BCUT2D eigenvalue weighted by Gasteiger charge is -2.35. The molecule has 0 spiro atoms. The maximum Gasteiger partial charge on any atom is 0.233 e. The van der Waals surface area contributed by atoms with E-state index in [1.54, 1.807) is 18.1 Å². The van der Waals surface area contributed by atoms with Crippen molar-refractivity contribution in [2.45, 2.75) is 32.8 Å². The first-order valence-electron chi connectivity index (χ1n) is 6.91. The molecule has 1 aliphatic heterocycles. The van der Waals surface area contributed by atoms with Crippen LogP contribution in [-0.4, -0.2) is 30.6 Å². The molecule has 1 saturated heterocycles. The monoisotopic (exact) mass is 262 g/mol. The van der Waals surface area contributed by atoms with Crippen molar-refractivity contribution >= 4 is 11.7 Å². The lowest BCUT2D eigenvalue weighted by molar-refractivity contribution is -0.134. The highest BCUT2D eigenvalue weighted by Gasteiger charge is 2.35. The highest BCUT2D eigenvalue weighted by Crippen LogP contribution is 2.28. The van der Waals surface area contributed by atoms with Crippen molar-refractivity contribution in [2.75, 3.05) is 18.6 Å². The SMILES string of the molecule is CC(C)[C@@H]1OCCC[C@H]1C(=O)N(C)c1ccccn1. The molecule has 19 heavy (non-hydrogen) atoms. The van der Waals surface area contributed by atoms with E-state index in [9.17, 15) is 4.79 Å². The van der Waals surface area contributed by atoms with E-state index < -0.39 is 0 Å². The number of anilines is 1. The van der Waals surface area contributed by atoms with E-state index in [1.165, 1.54) is 0 Å². The molecule has 1 aromatic heterocycles. The molecule has 2 atom stereocenters. The summed E-state index contributed by atoms with van der Waals surface area (Å²) in [6.45, 7) is 4.98. The number of hydrogen-bond donors (Lipinski definition) is 0. The van der Waals surface area contributed by atoms with Gasteiger partial charge in [-0.15, -0.1) is 0 Å². The number of nitrogens with zero attached hydrogens (tertiary/aromatic N) is 2. The van der Waals surface area contributed by atoms with Crippen LogP contribution < -0.4 is 4.90 Å². The Kier molecular flexibility index (Phi) is 4.53. The van der Waals surface area contributed by atoms with Crippen molar-refractivity contribution < 1.29 is 9.53 Å². The molecule has 0 unspecified atom stereocenters. The summed E-state index contributed by atoms with van der Waals surface area (Å²) >= 11 is 0. The summed E-state index contributed by atoms with van der Waals surface area (Å²) in [5, 5.41) is 0. The first-order chi connectivity index (χ1) is 9.11. The quantitative estimate of drug-likeness (QED) is 0.840. The van der Waals surface area contributed by atoms with Gasteiger partial charge in [0.05, 0.1) is 12.0 Å². The molecule has 1 fully saturated rings. The minimum atomic E-state index is -0.0549. The van der Waals surface area contributed by atoms with E-state index >= 15 is 0 Å². The molecule has 4 nitrogen and oxygen atoms in total. The number of rotatable bonds is 3. The molecule has 2 rings (SSSR count). The molecule has 1 aromatic rings. The molecular weight excluding hydrogens is 240 g/mol. The fraction of sp³-hybridized carbons (Fsp3) is 0.600. The summed E-state index contributed by atoms with van der Waals surface area (Å²) in [5.74, 6) is 1.10. The van der Waals surface area contributed by atoms with Gasteiger partial charge in [0.15, 0.2) is 0 Å². The Morgan fingerprint density at radius 3 is 2.89 bits per heavy atom. The topological polar surface area (TPSA) is 42.4 Å². The average molecular weight is 262 g/mol. The number of ether oxygens (including phenoxy) is 1. The smallest absolute Gasteiger partial charge is 0.233 e. The van der Waals surface area contributed by atoms with Gasteiger partial charge in [-0.1, -0.05) is 19.9 Å². The molecule has 0 radical (unpaired) electrons. The summed E-state index contributed by atoms with van der Waals surface area (Å²) in [7, 11) is 1.79. The van der Waals surface area contributed by atoms with Gasteiger partial charge in [0.25, 0.3) is 0 Å². The van der Waals surface area contributed by atoms with Crippen molar-refractivity contribution in [1.82, 2.24) is 4.98 Å². The molecule has 104 valence electrons. The van der Waals surface area contributed by atoms with Crippen LogP contribution in [-0.2, 0) is 9.53 Å². The molecule has 2 heterocycles. The number of hydrogen-bond acceptors (Lipinski definition) is 3. The van der Waals surface area contributed by atoms with Crippen LogP contribution in [0.15, 0.2) is 24.4 Å². The van der Waals surface area contributed by atoms with Crippen LogP contribution in [0.25, 0.3) is 0 Å². The highest BCUT2D eigenvalue weighted by molar-refractivity contribution is 5.94. The number of pyridine rings is 1. The van der Waals surface area contributed by atoms with Crippen molar-refractivity contribution in [3.05, 3.63) is 24.4 Å². The van der Waals surface area contributed by atoms with Crippen LogP contribution in [0.5, 0.6) is 0 Å². The molecule has 0 bridgehead atoms. The van der Waals surface area contributed by atoms with Gasteiger partial charge in [0, 0.05) is 19.9 Å². The molecule has 0 saturated carbocycles. The van der Waals surface area contributed by atoms with Gasteiger partial charge in [0.1, 0.15) is 5.82 Å². The predicted octanol–water partition coefficient (Wildman–Crippen LogP) is 2.50. The molecule has 0 aromatic carbocycles. The third-order valence-electron chi connectivity index (χ3n) is 3.66. The van der Waals surface area contributed by atoms with Gasteiger partial charge in [-0.3, -0.25) is 9.69 Å². The Bertz CT molecular complexity index is 419. The highest BCUT2D eigenvalue weighted by atomic mass is 16.5. The minimum Gasteiger partial charge on any atom is -0.377 e. The second kappa shape index (κ2) is 6.15. The molecule has 0 aliphatic carbocycles. The predicted molar refractivity (Wildman–Crippen MR) is 74.9 cm³/mol. The zero-order valence-electron chi connectivity index (χ0n) is 11.9. The average Bonchev–Trinajstić information content (AvgIpc) is 2.46. The zero-order chi connectivity index (χ0) is 13.8. The first-order valence-corrected chi connectivity index (χ1v) is 6.91. The van der Waals surface area contributed by atoms with E-state index in [-0.39, 0.29) is 17.9 Å². The van der Waals surface area contributed by atoms with E-state index in [4.69, 9.17) is 4.74 Å². The molecular formula is C15H22N2O2. The van der Waals surface area contributed by atoms with Gasteiger partial charge in [-0.25, -0.2) is 4.98 Å². The Morgan fingerprint density at radius 2 is 2.26 bits per heavy atom. The summed E-state index contributed by atoms with van der Waals surface area (Å²) < 4.78 is 5.79. The lowest BCUT2D eigenvalue weighted by atomic mass is 9.86. The Hall–Kier alpha value is -1.42. The van der Waals surface area contributed by atoms with Crippen LogP contribution in [0.1, 0.15) is 26.7 Å². The fourth-order valence-corrected chi connectivity index (χ4v) is 2.64. The number of amides is 1. The van der Waals surface area contributed by atoms with Crippen LogP contribution in [0.3, 0.4) is 0 Å². The largest absolute Gasteiger partial charge is 0.377 e. The molecule has 1 aliphatic rings. The van der Waals surface area contributed by atoms with Crippen molar-refractivity contribution in [1.29, 1.82) is 0 Å². The van der Waals surface area contributed by atoms with Crippen LogP contribution >= 0.6 is 0 Å². The summed E-state index contributed by atoms with van der Waals surface area (Å²) in [6, 6.07) is 5.60. The van der Waals surface area contributed by atoms with Gasteiger partial charge in [0.2, 0.25) is 5.91 Å². The fourth-order valence-electron chi connectivity index (χ4n) is 2.64. The maximum absolute atomic E-state index is 12.6. The lowest BCUT2D eigenvalue weighted by Crippen LogP contribution is -2.44. The van der Waals surface area contributed by atoms with E-state index in [0.717, 1.165) is 19.4 Å². The summed E-state index contributed by atoms with van der Waals surface area (Å²) in [5.41, 5.74) is 0. The number of aromatic nitrogens is 1. The summed E-state index contributed by atoms with van der Waals surface area (Å²) in [6.07, 6.45) is 3.58. The Morgan fingerprint density at radius 1 is 1.47 bits per heavy atom. The third-order valence-corrected chi connectivity index (χ3v) is 3.66. The van der Waals surface area contributed by atoms with Crippen LogP contribution in [0.4, 0.5) is 5.82 Å². The standard InChI is InChI=1S/C15H22N2O2/c1-11(2)14-12(7-6-10-19-14)15(18)17(3)13-8-4-5-9-16-13/h4-5,8-9,11-12,14H,6-7,10H2,1-3H3/t12-,14+/m1/s1. The first kappa shape index (κ1) is 14.0. The second-order valence-corrected chi connectivity index (χ2v) is 5.41. The second-order valence-electron chi connectivity index (χ2n) is 5.41. The van der Waals surface area contributed by atoms with E-state index in [0.29, 0.717) is 11.7 Å². The van der Waals surface area contributed by atoms with Gasteiger partial charge < -0.3 is 4.74 Å². The molecule has 1 amide bonds. The van der Waals surface area contributed by atoms with Crippen molar-refractivity contribution in [3.63, 3.8) is 0 Å². The van der Waals surface area contributed by atoms with Crippen LogP contribution in [0, 0.1) is 11.8 Å². The maximum atomic E-state index is 12.6. The molecule has 0 N–H and O–H groups in total. The molecule has 4 heteroatoms. The van der Waals surface area contributed by atoms with E-state index in [1.807, 2.05) is 18.2 Å². The zero-order valence-corrected chi connectivity index (χ0v) is 11.9. The normalized spacial score (nSPS) is 23.4. The van der Waals surface area contributed by atoms with E-state index in [2.05, 4.69) is 18.8 Å².